The van der Waals surface area contributed by atoms with Crippen molar-refractivity contribution in [2.75, 3.05) is 0 Å². The van der Waals surface area contributed by atoms with Crippen molar-refractivity contribution in [3.63, 3.8) is 0 Å². The first-order chi connectivity index (χ1) is 10.9. The predicted molar refractivity (Wildman–Crippen MR) is 91.1 cm³/mol. The molecule has 0 atom stereocenters. The summed E-state index contributed by atoms with van der Waals surface area (Å²) in [5, 5.41) is 4.17. The molecule has 0 aliphatic heterocycles. The first kappa shape index (κ1) is 14.8. The van der Waals surface area contributed by atoms with Crippen LogP contribution in [0.25, 0.3) is 0 Å². The third-order valence-electron chi connectivity index (χ3n) is 4.38. The van der Waals surface area contributed by atoms with E-state index in [4.69, 9.17) is 4.84 Å². The van der Waals surface area contributed by atoms with E-state index in [1.54, 1.807) is 0 Å². The fraction of sp³-hybridized carbons (Fsp3) is 0.350. The van der Waals surface area contributed by atoms with Gasteiger partial charge in [0, 0.05) is 0 Å². The van der Waals surface area contributed by atoms with Gasteiger partial charge in [-0.3, -0.25) is 0 Å². The molecule has 0 N–H and O–H groups in total. The summed E-state index contributed by atoms with van der Waals surface area (Å²) in [6.45, 7) is 0.517. The Bertz CT molecular complexity index is 600. The third-order valence-corrected chi connectivity index (χ3v) is 4.38. The van der Waals surface area contributed by atoms with E-state index in [9.17, 15) is 0 Å². The number of benzene rings is 2. The summed E-state index contributed by atoms with van der Waals surface area (Å²) in [4.78, 5) is 5.44. The second-order valence-corrected chi connectivity index (χ2v) is 5.96. The maximum absolute atomic E-state index is 5.44. The number of hydrogen-bond acceptors (Lipinski definition) is 2. The fourth-order valence-corrected chi connectivity index (χ4v) is 3.19. The van der Waals surface area contributed by atoms with Crippen LogP contribution in [0.2, 0.25) is 0 Å². The molecule has 2 aromatic carbocycles. The lowest BCUT2D eigenvalue weighted by molar-refractivity contribution is 0.132. The van der Waals surface area contributed by atoms with Gasteiger partial charge in [0.05, 0.1) is 6.21 Å². The van der Waals surface area contributed by atoms with Crippen molar-refractivity contribution in [2.24, 2.45) is 5.16 Å². The quantitative estimate of drug-likeness (QED) is 0.542. The Morgan fingerprint density at radius 2 is 1.64 bits per heavy atom. The molecule has 2 nitrogen and oxygen atoms in total. The summed E-state index contributed by atoms with van der Waals surface area (Å²) in [7, 11) is 0. The minimum Gasteiger partial charge on any atom is -0.391 e. The smallest absolute Gasteiger partial charge is 0.142 e. The van der Waals surface area contributed by atoms with Crippen molar-refractivity contribution in [1.29, 1.82) is 0 Å². The van der Waals surface area contributed by atoms with E-state index in [2.05, 4.69) is 29.4 Å². The van der Waals surface area contributed by atoms with E-state index in [-0.39, 0.29) is 0 Å². The molecule has 1 fully saturated rings. The van der Waals surface area contributed by atoms with Gasteiger partial charge in [0.25, 0.3) is 0 Å². The second kappa shape index (κ2) is 7.79. The van der Waals surface area contributed by atoms with Crippen molar-refractivity contribution >= 4 is 6.21 Å². The molecule has 0 heterocycles. The molecule has 0 saturated heterocycles. The summed E-state index contributed by atoms with van der Waals surface area (Å²) < 4.78 is 0. The van der Waals surface area contributed by atoms with Crippen LogP contribution in [0.5, 0.6) is 0 Å². The topological polar surface area (TPSA) is 21.6 Å². The van der Waals surface area contributed by atoms with Crippen LogP contribution in [-0.4, -0.2) is 6.21 Å². The lowest BCUT2D eigenvalue weighted by Gasteiger charge is -2.23. The summed E-state index contributed by atoms with van der Waals surface area (Å²) in [6, 6.07) is 18.7. The molecule has 1 aliphatic rings. The molecular weight excluding hydrogens is 270 g/mol. The molecule has 1 saturated carbocycles. The van der Waals surface area contributed by atoms with Crippen molar-refractivity contribution in [1.82, 2.24) is 0 Å². The van der Waals surface area contributed by atoms with Crippen LogP contribution in [0, 0.1) is 0 Å². The maximum Gasteiger partial charge on any atom is 0.142 e. The lowest BCUT2D eigenvalue weighted by Crippen LogP contribution is -2.07. The predicted octanol–water partition coefficient (Wildman–Crippen LogP) is 5.29. The number of oxime groups is 1. The standard InChI is InChI=1S/C20H23NO/c1-3-9-17(10-4-1)16-22-21-15-19-13-7-8-14-20(19)18-11-5-2-6-12-18/h1,3-4,7-10,13-15,18H,2,5-6,11-12,16H2. The number of hydrogen-bond donors (Lipinski definition) is 0. The van der Waals surface area contributed by atoms with E-state index in [1.807, 2.05) is 36.5 Å². The highest BCUT2D eigenvalue weighted by atomic mass is 16.6. The van der Waals surface area contributed by atoms with Crippen LogP contribution in [0.1, 0.15) is 54.7 Å². The number of nitrogens with zero attached hydrogens (tertiary/aromatic N) is 1. The van der Waals surface area contributed by atoms with Crippen molar-refractivity contribution in [3.8, 4) is 0 Å². The summed E-state index contributed by atoms with van der Waals surface area (Å²) in [6.07, 6.45) is 8.55. The van der Waals surface area contributed by atoms with Gasteiger partial charge in [-0.1, -0.05) is 79.0 Å². The third kappa shape index (κ3) is 3.97. The second-order valence-electron chi connectivity index (χ2n) is 5.96. The first-order valence-corrected chi connectivity index (χ1v) is 8.21. The lowest BCUT2D eigenvalue weighted by atomic mass is 9.82. The van der Waals surface area contributed by atoms with Crippen LogP contribution in [-0.2, 0) is 11.4 Å². The molecule has 0 spiro atoms. The Kier molecular flexibility index (Phi) is 5.25. The van der Waals surface area contributed by atoms with E-state index in [0.717, 1.165) is 5.56 Å². The Morgan fingerprint density at radius 1 is 0.909 bits per heavy atom. The van der Waals surface area contributed by atoms with Gasteiger partial charge in [-0.15, -0.1) is 0 Å². The van der Waals surface area contributed by atoms with Crippen molar-refractivity contribution < 1.29 is 4.84 Å². The molecule has 0 bridgehead atoms. The molecule has 114 valence electrons. The molecule has 0 amide bonds. The average Bonchev–Trinajstić information content (AvgIpc) is 2.61. The summed E-state index contributed by atoms with van der Waals surface area (Å²) in [5.41, 5.74) is 3.76. The van der Waals surface area contributed by atoms with E-state index < -0.39 is 0 Å². The van der Waals surface area contributed by atoms with Gasteiger partial charge in [0.2, 0.25) is 0 Å². The molecule has 22 heavy (non-hydrogen) atoms. The molecule has 0 aromatic heterocycles. The first-order valence-electron chi connectivity index (χ1n) is 8.21. The van der Waals surface area contributed by atoms with Crippen LogP contribution in [0.3, 0.4) is 0 Å². The number of rotatable bonds is 5. The van der Waals surface area contributed by atoms with Gasteiger partial charge in [-0.25, -0.2) is 0 Å². The highest BCUT2D eigenvalue weighted by Crippen LogP contribution is 2.33. The normalized spacial score (nSPS) is 16.0. The Morgan fingerprint density at radius 3 is 2.45 bits per heavy atom. The zero-order valence-electron chi connectivity index (χ0n) is 12.9. The molecule has 1 aliphatic carbocycles. The Balaban J connectivity index is 1.63. The Hall–Kier alpha value is -2.09. The zero-order chi connectivity index (χ0) is 15.0. The minimum absolute atomic E-state index is 0.517. The zero-order valence-corrected chi connectivity index (χ0v) is 12.9. The molecule has 0 radical (unpaired) electrons. The van der Waals surface area contributed by atoms with Crippen LogP contribution in [0.4, 0.5) is 0 Å². The fourth-order valence-electron chi connectivity index (χ4n) is 3.19. The van der Waals surface area contributed by atoms with Crippen molar-refractivity contribution in [3.05, 3.63) is 71.3 Å². The molecule has 3 rings (SSSR count). The SMILES string of the molecule is C(=NOCc1ccccc1)c1ccccc1C1CCCCC1. The van der Waals surface area contributed by atoms with Gasteiger partial charge >= 0.3 is 0 Å². The molecule has 2 aromatic rings. The summed E-state index contributed by atoms with van der Waals surface area (Å²) in [5.74, 6) is 0.686. The van der Waals surface area contributed by atoms with Crippen LogP contribution < -0.4 is 0 Å². The monoisotopic (exact) mass is 293 g/mol. The minimum atomic E-state index is 0.517. The molecular formula is C20H23NO. The van der Waals surface area contributed by atoms with Gasteiger partial charge in [-0.05, 0) is 35.4 Å². The maximum atomic E-state index is 5.44. The van der Waals surface area contributed by atoms with Crippen molar-refractivity contribution in [2.45, 2.75) is 44.6 Å². The van der Waals surface area contributed by atoms with E-state index >= 15 is 0 Å². The van der Waals surface area contributed by atoms with Gasteiger partial charge in [0.1, 0.15) is 6.61 Å². The highest BCUT2D eigenvalue weighted by Gasteiger charge is 2.17. The van der Waals surface area contributed by atoms with Gasteiger partial charge < -0.3 is 4.84 Å². The average molecular weight is 293 g/mol. The van der Waals surface area contributed by atoms with Gasteiger partial charge in [-0.2, -0.15) is 0 Å². The molecule has 2 heteroatoms. The van der Waals surface area contributed by atoms with Crippen LogP contribution in [0.15, 0.2) is 59.8 Å². The van der Waals surface area contributed by atoms with E-state index in [0.29, 0.717) is 12.5 Å². The summed E-state index contributed by atoms with van der Waals surface area (Å²) >= 11 is 0. The molecule has 0 unspecified atom stereocenters. The van der Waals surface area contributed by atoms with E-state index in [1.165, 1.54) is 43.2 Å². The highest BCUT2D eigenvalue weighted by molar-refractivity contribution is 5.81. The van der Waals surface area contributed by atoms with Gasteiger partial charge in [0.15, 0.2) is 0 Å². The Labute approximate surface area is 132 Å². The largest absolute Gasteiger partial charge is 0.391 e. The van der Waals surface area contributed by atoms with Crippen LogP contribution >= 0.6 is 0 Å².